The summed E-state index contributed by atoms with van der Waals surface area (Å²) in [4.78, 5) is 31.2. The minimum atomic E-state index is -0.295. The Labute approximate surface area is 111 Å². The summed E-state index contributed by atoms with van der Waals surface area (Å²) in [5.41, 5.74) is 0. The molecule has 0 bridgehead atoms. The number of esters is 1. The van der Waals surface area contributed by atoms with E-state index in [0.29, 0.717) is 6.42 Å². The van der Waals surface area contributed by atoms with Crippen LogP contribution < -0.4 is 5.32 Å². The van der Waals surface area contributed by atoms with Crippen molar-refractivity contribution in [1.82, 2.24) is 15.3 Å². The van der Waals surface area contributed by atoms with E-state index in [-0.39, 0.29) is 29.7 Å². The van der Waals surface area contributed by atoms with E-state index in [2.05, 4.69) is 15.3 Å². The number of amides is 1. The van der Waals surface area contributed by atoms with E-state index in [1.165, 1.54) is 19.5 Å². The fraction of sp³-hybridized carbons (Fsp3) is 0.538. The molecule has 1 aliphatic carbocycles. The lowest BCUT2D eigenvalue weighted by molar-refractivity contribution is -0.146. The Hall–Kier alpha value is -1.98. The SMILES string of the molecule is COC(=O)[C@H]1CCC[C@@H](NC(=O)c2ncccn2)C1. The van der Waals surface area contributed by atoms with Gasteiger partial charge in [0.2, 0.25) is 5.82 Å². The van der Waals surface area contributed by atoms with E-state index in [1.807, 2.05) is 0 Å². The first-order chi connectivity index (χ1) is 9.20. The van der Waals surface area contributed by atoms with Crippen molar-refractivity contribution < 1.29 is 14.3 Å². The average Bonchev–Trinajstić information content (AvgIpc) is 2.47. The molecule has 0 unspecified atom stereocenters. The van der Waals surface area contributed by atoms with Gasteiger partial charge in [0.25, 0.3) is 5.91 Å². The quantitative estimate of drug-likeness (QED) is 0.821. The van der Waals surface area contributed by atoms with Crippen LogP contribution in [0.4, 0.5) is 0 Å². The second kappa shape index (κ2) is 6.26. The second-order valence-electron chi connectivity index (χ2n) is 4.63. The number of hydrogen-bond acceptors (Lipinski definition) is 5. The van der Waals surface area contributed by atoms with Gasteiger partial charge >= 0.3 is 5.97 Å². The van der Waals surface area contributed by atoms with Crippen molar-refractivity contribution in [2.45, 2.75) is 31.7 Å². The van der Waals surface area contributed by atoms with E-state index in [0.717, 1.165) is 19.3 Å². The molecule has 2 rings (SSSR count). The third kappa shape index (κ3) is 3.49. The number of carbonyl (C=O) groups excluding carboxylic acids is 2. The molecular formula is C13H17N3O3. The Morgan fingerprint density at radius 2 is 2.05 bits per heavy atom. The molecule has 19 heavy (non-hydrogen) atoms. The standard InChI is InChI=1S/C13H17N3O3/c1-19-13(18)9-4-2-5-10(8-9)16-12(17)11-14-6-3-7-15-11/h3,6-7,9-10H,2,4-5,8H2,1H3,(H,16,17)/t9-,10+/m0/s1. The van der Waals surface area contributed by atoms with Crippen molar-refractivity contribution >= 4 is 11.9 Å². The molecule has 0 aliphatic heterocycles. The van der Waals surface area contributed by atoms with Crippen LogP contribution in [0.3, 0.4) is 0 Å². The van der Waals surface area contributed by atoms with Crippen LogP contribution in [0.1, 0.15) is 36.3 Å². The summed E-state index contributed by atoms with van der Waals surface area (Å²) >= 11 is 0. The summed E-state index contributed by atoms with van der Waals surface area (Å²) < 4.78 is 4.75. The van der Waals surface area contributed by atoms with Crippen molar-refractivity contribution in [3.05, 3.63) is 24.3 Å². The molecule has 0 spiro atoms. The van der Waals surface area contributed by atoms with E-state index in [1.54, 1.807) is 6.07 Å². The first-order valence-corrected chi connectivity index (χ1v) is 6.36. The Kier molecular flexibility index (Phi) is 4.43. The molecule has 1 aromatic heterocycles. The summed E-state index contributed by atoms with van der Waals surface area (Å²) in [5, 5.41) is 2.87. The molecule has 6 nitrogen and oxygen atoms in total. The summed E-state index contributed by atoms with van der Waals surface area (Å²) in [6, 6.07) is 1.64. The van der Waals surface area contributed by atoms with Gasteiger partial charge in [-0.3, -0.25) is 9.59 Å². The van der Waals surface area contributed by atoms with Gasteiger partial charge in [0, 0.05) is 18.4 Å². The van der Waals surface area contributed by atoms with Crippen LogP contribution in [0, 0.1) is 5.92 Å². The number of nitrogens with zero attached hydrogens (tertiary/aromatic N) is 2. The van der Waals surface area contributed by atoms with Crippen LogP contribution in [-0.2, 0) is 9.53 Å². The first kappa shape index (κ1) is 13.5. The molecule has 1 fully saturated rings. The number of hydrogen-bond donors (Lipinski definition) is 1. The summed E-state index contributed by atoms with van der Waals surface area (Å²) in [6.45, 7) is 0. The van der Waals surface area contributed by atoms with Crippen molar-refractivity contribution in [1.29, 1.82) is 0 Å². The van der Waals surface area contributed by atoms with E-state index in [4.69, 9.17) is 4.74 Å². The predicted molar refractivity (Wildman–Crippen MR) is 67.3 cm³/mol. The highest BCUT2D eigenvalue weighted by Gasteiger charge is 2.29. The maximum atomic E-state index is 11.9. The molecule has 1 aliphatic rings. The summed E-state index contributed by atoms with van der Waals surface area (Å²) in [7, 11) is 1.39. The smallest absolute Gasteiger partial charge is 0.308 e. The van der Waals surface area contributed by atoms with Gasteiger partial charge < -0.3 is 10.1 Å². The molecule has 1 amide bonds. The zero-order valence-corrected chi connectivity index (χ0v) is 10.8. The molecular weight excluding hydrogens is 246 g/mol. The summed E-state index contributed by atoms with van der Waals surface area (Å²) in [5.74, 6) is -0.463. The first-order valence-electron chi connectivity index (χ1n) is 6.36. The lowest BCUT2D eigenvalue weighted by Gasteiger charge is -2.27. The zero-order chi connectivity index (χ0) is 13.7. The summed E-state index contributed by atoms with van der Waals surface area (Å²) in [6.07, 6.45) is 6.26. The number of carbonyl (C=O) groups is 2. The van der Waals surface area contributed by atoms with Gasteiger partial charge in [-0.15, -0.1) is 0 Å². The molecule has 1 heterocycles. The molecule has 2 atom stereocenters. The Morgan fingerprint density at radius 3 is 2.74 bits per heavy atom. The number of ether oxygens (including phenoxy) is 1. The topological polar surface area (TPSA) is 81.2 Å². The van der Waals surface area contributed by atoms with E-state index in [9.17, 15) is 9.59 Å². The third-order valence-electron chi connectivity index (χ3n) is 3.31. The fourth-order valence-corrected chi connectivity index (χ4v) is 2.37. The van der Waals surface area contributed by atoms with Gasteiger partial charge in [-0.25, -0.2) is 9.97 Å². The zero-order valence-electron chi connectivity index (χ0n) is 10.8. The predicted octanol–water partition coefficient (Wildman–Crippen LogP) is 0.938. The lowest BCUT2D eigenvalue weighted by Crippen LogP contribution is -2.40. The molecule has 1 saturated carbocycles. The Balaban J connectivity index is 1.92. The Morgan fingerprint density at radius 1 is 1.32 bits per heavy atom. The lowest BCUT2D eigenvalue weighted by atomic mass is 9.85. The van der Waals surface area contributed by atoms with Crippen LogP contribution in [-0.4, -0.2) is 35.0 Å². The molecule has 1 N–H and O–H groups in total. The van der Waals surface area contributed by atoms with Crippen LogP contribution in [0.5, 0.6) is 0 Å². The van der Waals surface area contributed by atoms with E-state index < -0.39 is 0 Å². The van der Waals surface area contributed by atoms with Gasteiger partial charge in [-0.05, 0) is 25.3 Å². The molecule has 1 aromatic rings. The number of methoxy groups -OCH3 is 1. The number of rotatable bonds is 3. The highest BCUT2D eigenvalue weighted by molar-refractivity contribution is 5.90. The number of nitrogens with one attached hydrogen (secondary N) is 1. The van der Waals surface area contributed by atoms with Crippen molar-refractivity contribution in [2.75, 3.05) is 7.11 Å². The maximum Gasteiger partial charge on any atom is 0.308 e. The highest BCUT2D eigenvalue weighted by atomic mass is 16.5. The molecule has 102 valence electrons. The van der Waals surface area contributed by atoms with Crippen LogP contribution >= 0.6 is 0 Å². The highest BCUT2D eigenvalue weighted by Crippen LogP contribution is 2.25. The molecule has 6 heteroatoms. The minimum absolute atomic E-state index is 0.0193. The minimum Gasteiger partial charge on any atom is -0.469 e. The second-order valence-corrected chi connectivity index (χ2v) is 4.63. The van der Waals surface area contributed by atoms with Crippen molar-refractivity contribution in [3.8, 4) is 0 Å². The molecule has 0 saturated heterocycles. The normalized spacial score (nSPS) is 22.6. The Bertz CT molecular complexity index is 450. The van der Waals surface area contributed by atoms with Crippen LogP contribution in [0.2, 0.25) is 0 Å². The number of aromatic nitrogens is 2. The average molecular weight is 263 g/mol. The van der Waals surface area contributed by atoms with Crippen LogP contribution in [0.25, 0.3) is 0 Å². The largest absolute Gasteiger partial charge is 0.469 e. The third-order valence-corrected chi connectivity index (χ3v) is 3.31. The van der Waals surface area contributed by atoms with Gasteiger partial charge in [-0.2, -0.15) is 0 Å². The van der Waals surface area contributed by atoms with Crippen molar-refractivity contribution in [2.24, 2.45) is 5.92 Å². The monoisotopic (exact) mass is 263 g/mol. The van der Waals surface area contributed by atoms with Gasteiger partial charge in [-0.1, -0.05) is 6.42 Å². The van der Waals surface area contributed by atoms with Gasteiger partial charge in [0.1, 0.15) is 0 Å². The van der Waals surface area contributed by atoms with Crippen LogP contribution in [0.15, 0.2) is 18.5 Å². The van der Waals surface area contributed by atoms with Crippen molar-refractivity contribution in [3.63, 3.8) is 0 Å². The molecule has 0 aromatic carbocycles. The van der Waals surface area contributed by atoms with Gasteiger partial charge in [0.05, 0.1) is 13.0 Å². The maximum absolute atomic E-state index is 11.9. The van der Waals surface area contributed by atoms with E-state index >= 15 is 0 Å². The van der Waals surface area contributed by atoms with Gasteiger partial charge in [0.15, 0.2) is 0 Å². The molecule has 0 radical (unpaired) electrons. The fourth-order valence-electron chi connectivity index (χ4n) is 2.37.